The predicted molar refractivity (Wildman–Crippen MR) is 115 cm³/mol. The first-order valence-electron chi connectivity index (χ1n) is 9.71. The summed E-state index contributed by atoms with van der Waals surface area (Å²) in [5.41, 5.74) is 4.13. The maximum Gasteiger partial charge on any atom is 0.0575 e. The maximum atomic E-state index is 4.88. The summed E-state index contributed by atoms with van der Waals surface area (Å²) in [6.07, 6.45) is 1.04. The molecule has 27 heavy (non-hydrogen) atoms. The summed E-state index contributed by atoms with van der Waals surface area (Å²) in [5.74, 6) is 0.416. The fourth-order valence-corrected chi connectivity index (χ4v) is 3.13. The molecule has 0 aromatic heterocycles. The molecule has 0 aliphatic heterocycles. The Bertz CT molecular complexity index is 679. The molecule has 2 nitrogen and oxygen atoms in total. The summed E-state index contributed by atoms with van der Waals surface area (Å²) < 4.78 is 0. The third kappa shape index (κ3) is 7.01. The smallest absolute Gasteiger partial charge is 0.0575 e. The highest BCUT2D eigenvalue weighted by Crippen LogP contribution is 2.28. The topological polar surface area (TPSA) is 12.5 Å². The van der Waals surface area contributed by atoms with Gasteiger partial charge in [-0.05, 0) is 23.1 Å². The highest BCUT2D eigenvalue weighted by atomic mass is 16.7. The van der Waals surface area contributed by atoms with Gasteiger partial charge in [-0.3, -0.25) is 0 Å². The first-order valence-corrected chi connectivity index (χ1v) is 9.71. The lowest BCUT2D eigenvalue weighted by Crippen LogP contribution is -2.20. The van der Waals surface area contributed by atoms with E-state index in [4.69, 9.17) is 4.84 Å². The minimum Gasteiger partial charge on any atom is -0.302 e. The van der Waals surface area contributed by atoms with E-state index in [0.717, 1.165) is 19.5 Å². The van der Waals surface area contributed by atoms with Gasteiger partial charge in [-0.15, -0.1) is 0 Å². The Morgan fingerprint density at radius 3 is 1.41 bits per heavy atom. The van der Waals surface area contributed by atoms with Gasteiger partial charge in [0.05, 0.1) is 7.11 Å². The number of nitrogens with zero attached hydrogens (tertiary/aromatic N) is 1. The Hall–Kier alpha value is -2.42. The van der Waals surface area contributed by atoms with Gasteiger partial charge in [0.1, 0.15) is 0 Å². The lowest BCUT2D eigenvalue weighted by molar-refractivity contribution is -0.123. The lowest BCUT2D eigenvalue weighted by Gasteiger charge is -2.18. The van der Waals surface area contributed by atoms with Gasteiger partial charge in [-0.1, -0.05) is 105 Å². The molecule has 0 atom stereocenters. The van der Waals surface area contributed by atoms with Crippen LogP contribution in [0.15, 0.2) is 91.0 Å². The molecule has 0 fully saturated rings. The van der Waals surface area contributed by atoms with Crippen LogP contribution in [-0.2, 0) is 11.3 Å². The molecular formula is C25H31NO. The number of hydrogen-bond acceptors (Lipinski definition) is 2. The minimum absolute atomic E-state index is 0.416. The van der Waals surface area contributed by atoms with Crippen LogP contribution in [-0.4, -0.2) is 25.3 Å². The molecule has 0 amide bonds. The average Bonchev–Trinajstić information content (AvgIpc) is 2.76. The van der Waals surface area contributed by atoms with Gasteiger partial charge in [-0.2, -0.15) is 5.06 Å². The zero-order valence-electron chi connectivity index (χ0n) is 16.7. The van der Waals surface area contributed by atoms with Crippen molar-refractivity contribution in [1.29, 1.82) is 0 Å². The van der Waals surface area contributed by atoms with Gasteiger partial charge in [-0.25, -0.2) is 0 Å². The highest BCUT2D eigenvalue weighted by molar-refractivity contribution is 5.34. The van der Waals surface area contributed by atoms with Crippen LogP contribution in [0, 0.1) is 0 Å². The molecule has 3 aromatic rings. The molecule has 0 heterocycles. The number of benzene rings is 3. The first kappa shape index (κ1) is 20.9. The van der Waals surface area contributed by atoms with E-state index in [2.05, 4.69) is 105 Å². The molecule has 0 aliphatic carbocycles. The van der Waals surface area contributed by atoms with Crippen LogP contribution in [0.25, 0.3) is 0 Å². The molecule has 0 aliphatic rings. The van der Waals surface area contributed by atoms with Crippen LogP contribution in [0.5, 0.6) is 0 Å². The van der Waals surface area contributed by atoms with Crippen LogP contribution in [0.1, 0.15) is 36.5 Å². The van der Waals surface area contributed by atoms with Crippen LogP contribution in [0.2, 0.25) is 0 Å². The van der Waals surface area contributed by atoms with Crippen molar-refractivity contribution in [3.05, 3.63) is 108 Å². The normalized spacial score (nSPS) is 10.6. The fourth-order valence-electron chi connectivity index (χ4n) is 3.13. The Morgan fingerprint density at radius 1 is 0.667 bits per heavy atom. The zero-order chi connectivity index (χ0) is 19.3. The Balaban J connectivity index is 0.000000321. The molecule has 2 heteroatoms. The maximum absolute atomic E-state index is 4.88. The van der Waals surface area contributed by atoms with E-state index in [1.165, 1.54) is 16.7 Å². The molecule has 142 valence electrons. The van der Waals surface area contributed by atoms with Gasteiger partial charge in [0, 0.05) is 19.0 Å². The van der Waals surface area contributed by atoms with Gasteiger partial charge in [0.25, 0.3) is 0 Å². The summed E-state index contributed by atoms with van der Waals surface area (Å²) in [6.45, 7) is 6.06. The second-order valence-corrected chi connectivity index (χ2v) is 6.36. The van der Waals surface area contributed by atoms with Gasteiger partial charge < -0.3 is 4.84 Å². The Morgan fingerprint density at radius 2 is 1.07 bits per heavy atom. The molecule has 0 bridgehead atoms. The van der Waals surface area contributed by atoms with E-state index in [1.807, 2.05) is 5.06 Å². The van der Waals surface area contributed by atoms with Crippen molar-refractivity contribution in [1.82, 2.24) is 5.06 Å². The van der Waals surface area contributed by atoms with Crippen molar-refractivity contribution in [2.75, 3.05) is 20.2 Å². The van der Waals surface area contributed by atoms with Gasteiger partial charge >= 0.3 is 0 Å². The van der Waals surface area contributed by atoms with E-state index in [-0.39, 0.29) is 0 Å². The number of hydrogen-bond donors (Lipinski definition) is 0. The summed E-state index contributed by atoms with van der Waals surface area (Å²) >= 11 is 0. The number of rotatable bonds is 7. The van der Waals surface area contributed by atoms with E-state index < -0.39 is 0 Å². The van der Waals surface area contributed by atoms with Crippen LogP contribution < -0.4 is 0 Å². The van der Waals surface area contributed by atoms with Gasteiger partial charge in [0.2, 0.25) is 0 Å². The second kappa shape index (κ2) is 12.1. The summed E-state index contributed by atoms with van der Waals surface area (Å²) in [6, 6.07) is 32.2. The predicted octanol–water partition coefficient (Wildman–Crippen LogP) is 5.95. The standard InChI is InChI=1S/C20H18.C5H13NO/c1-4-10-17(11-5-1)16-20(18-12-6-2-7-13-18)19-14-8-3-9-15-19;1-4-6(5-2)7-3/h1-15,20H,16H2;4-5H2,1-3H3. The molecule has 0 saturated carbocycles. The molecular weight excluding hydrogens is 330 g/mol. The van der Waals surface area contributed by atoms with Crippen LogP contribution in [0.4, 0.5) is 0 Å². The van der Waals surface area contributed by atoms with Crippen LogP contribution >= 0.6 is 0 Å². The van der Waals surface area contributed by atoms with Crippen molar-refractivity contribution in [3.8, 4) is 0 Å². The van der Waals surface area contributed by atoms with Crippen molar-refractivity contribution in [3.63, 3.8) is 0 Å². The van der Waals surface area contributed by atoms with Crippen LogP contribution in [0.3, 0.4) is 0 Å². The summed E-state index contributed by atoms with van der Waals surface area (Å²) in [5, 5.41) is 1.88. The fraction of sp³-hybridized carbons (Fsp3) is 0.280. The number of hydroxylamine groups is 2. The third-order valence-corrected chi connectivity index (χ3v) is 4.65. The highest BCUT2D eigenvalue weighted by Gasteiger charge is 2.14. The average molecular weight is 362 g/mol. The molecule has 0 saturated heterocycles. The van der Waals surface area contributed by atoms with E-state index >= 15 is 0 Å². The largest absolute Gasteiger partial charge is 0.302 e. The summed E-state index contributed by atoms with van der Waals surface area (Å²) in [4.78, 5) is 4.88. The van der Waals surface area contributed by atoms with E-state index in [0.29, 0.717) is 5.92 Å². The molecule has 0 spiro atoms. The van der Waals surface area contributed by atoms with Crippen molar-refractivity contribution < 1.29 is 4.84 Å². The van der Waals surface area contributed by atoms with Gasteiger partial charge in [0.15, 0.2) is 0 Å². The quantitative estimate of drug-likeness (QED) is 0.482. The molecule has 3 rings (SSSR count). The molecule has 0 radical (unpaired) electrons. The van der Waals surface area contributed by atoms with E-state index in [9.17, 15) is 0 Å². The molecule has 3 aromatic carbocycles. The Labute approximate surface area is 164 Å². The lowest BCUT2D eigenvalue weighted by atomic mass is 9.86. The summed E-state index contributed by atoms with van der Waals surface area (Å²) in [7, 11) is 1.69. The monoisotopic (exact) mass is 361 g/mol. The third-order valence-electron chi connectivity index (χ3n) is 4.65. The second-order valence-electron chi connectivity index (χ2n) is 6.36. The first-order chi connectivity index (χ1) is 13.3. The Kier molecular flexibility index (Phi) is 9.33. The minimum atomic E-state index is 0.416. The zero-order valence-corrected chi connectivity index (χ0v) is 16.7. The van der Waals surface area contributed by atoms with E-state index in [1.54, 1.807) is 7.11 Å². The molecule has 0 unspecified atom stereocenters. The SMILES string of the molecule is CCN(CC)OC.c1ccc(CC(c2ccccc2)c2ccccc2)cc1. The van der Waals surface area contributed by atoms with Crippen molar-refractivity contribution in [2.24, 2.45) is 0 Å². The molecule has 0 N–H and O–H groups in total. The van der Waals surface area contributed by atoms with Crippen molar-refractivity contribution in [2.45, 2.75) is 26.2 Å². The van der Waals surface area contributed by atoms with Crippen molar-refractivity contribution >= 4 is 0 Å².